The number of thiazole rings is 1. The van der Waals surface area contributed by atoms with E-state index in [9.17, 15) is 19.8 Å². The Hall–Kier alpha value is -3.77. The molecule has 0 fully saturated rings. The number of hydrogen-bond acceptors (Lipinski definition) is 7. The van der Waals surface area contributed by atoms with Crippen molar-refractivity contribution < 1.29 is 14.1 Å². The highest BCUT2D eigenvalue weighted by molar-refractivity contribution is 7.11. The van der Waals surface area contributed by atoms with Crippen LogP contribution in [0.25, 0.3) is 16.8 Å². The Balaban J connectivity index is 1.87. The number of nitro benzene ring substituents is 1. The number of anilines is 1. The van der Waals surface area contributed by atoms with E-state index in [-0.39, 0.29) is 22.8 Å². The van der Waals surface area contributed by atoms with E-state index in [1.807, 2.05) is 6.07 Å². The first-order valence-electron chi connectivity index (χ1n) is 7.93. The molecule has 3 rings (SSSR count). The molecule has 0 bridgehead atoms. The van der Waals surface area contributed by atoms with Crippen molar-refractivity contribution in [2.24, 2.45) is 0 Å². The van der Waals surface area contributed by atoms with Crippen LogP contribution < -0.4 is 10.1 Å². The van der Waals surface area contributed by atoms with Gasteiger partial charge in [0.15, 0.2) is 0 Å². The van der Waals surface area contributed by atoms with Crippen molar-refractivity contribution in [1.82, 2.24) is 4.98 Å². The van der Waals surface area contributed by atoms with Gasteiger partial charge in [0.05, 0.1) is 23.8 Å². The maximum Gasteiger partial charge on any atom is 0.296 e. The summed E-state index contributed by atoms with van der Waals surface area (Å²) in [5.41, 5.74) is 1.58. The summed E-state index contributed by atoms with van der Waals surface area (Å²) in [7, 11) is 1.42. The van der Waals surface area contributed by atoms with Crippen LogP contribution in [0.15, 0.2) is 54.0 Å². The molecule has 0 saturated heterocycles. The lowest BCUT2D eigenvalue weighted by molar-refractivity contribution is -0.384. The van der Waals surface area contributed by atoms with Crippen LogP contribution in [-0.4, -0.2) is 17.0 Å². The number of benzene rings is 2. The molecule has 9 heteroatoms. The van der Waals surface area contributed by atoms with E-state index < -0.39 is 4.92 Å². The number of methoxy groups -OCH3 is 1. The molecule has 140 valence electrons. The molecular weight excluding hydrogens is 383 g/mol. The van der Waals surface area contributed by atoms with Gasteiger partial charge in [-0.1, -0.05) is 0 Å². The molecule has 0 radical (unpaired) electrons. The van der Waals surface area contributed by atoms with Crippen LogP contribution in [0.3, 0.4) is 0 Å². The number of ether oxygens (including phenoxy) is 1. The lowest BCUT2D eigenvalue weighted by Gasteiger charge is -2.05. The Kier molecular flexibility index (Phi) is 5.62. The number of hydrogen-bond donors (Lipinski definition) is 1. The van der Waals surface area contributed by atoms with Crippen LogP contribution >= 0.6 is 11.3 Å². The molecule has 0 spiro atoms. The van der Waals surface area contributed by atoms with Crippen molar-refractivity contribution in [2.75, 3.05) is 12.4 Å². The van der Waals surface area contributed by atoms with E-state index in [0.29, 0.717) is 16.5 Å². The number of nitrogens with one attached hydrogen (secondary N) is 1. The number of aromatic nitrogens is 1. The smallest absolute Gasteiger partial charge is 0.296 e. The quantitative estimate of drug-likeness (QED) is 0.363. The highest BCUT2D eigenvalue weighted by Crippen LogP contribution is 2.30. The van der Waals surface area contributed by atoms with Gasteiger partial charge in [0.2, 0.25) is 0 Å². The first-order valence-corrected chi connectivity index (χ1v) is 8.81. The van der Waals surface area contributed by atoms with Crippen LogP contribution in [0.4, 0.5) is 15.8 Å². The highest BCUT2D eigenvalue weighted by atomic mass is 32.1. The molecule has 0 aliphatic heterocycles. The summed E-state index contributed by atoms with van der Waals surface area (Å²) in [5, 5.41) is 25.7. The summed E-state index contributed by atoms with van der Waals surface area (Å²) in [6.45, 7) is 0. The molecule has 0 amide bonds. The minimum absolute atomic E-state index is 0.181. The van der Waals surface area contributed by atoms with Crippen molar-refractivity contribution >= 4 is 28.3 Å². The molecule has 28 heavy (non-hydrogen) atoms. The Bertz CT molecular complexity index is 1090. The first kappa shape index (κ1) is 19.0. The number of nitrogens with zero attached hydrogens (tertiary/aromatic N) is 3. The zero-order chi connectivity index (χ0) is 20.1. The van der Waals surface area contributed by atoms with Crippen molar-refractivity contribution in [2.45, 2.75) is 0 Å². The predicted molar refractivity (Wildman–Crippen MR) is 104 cm³/mol. The largest absolute Gasteiger partial charge is 0.496 e. The van der Waals surface area contributed by atoms with Crippen LogP contribution in [0, 0.1) is 27.3 Å². The van der Waals surface area contributed by atoms with Gasteiger partial charge in [0.25, 0.3) is 5.69 Å². The van der Waals surface area contributed by atoms with E-state index in [0.717, 1.165) is 5.56 Å². The molecule has 2 aromatic carbocycles. The molecule has 1 aromatic heterocycles. The molecular formula is C19H13FN4O3S. The van der Waals surface area contributed by atoms with Gasteiger partial charge in [0, 0.05) is 17.1 Å². The van der Waals surface area contributed by atoms with E-state index in [2.05, 4.69) is 10.3 Å². The average molecular weight is 396 g/mol. The van der Waals surface area contributed by atoms with Crippen LogP contribution in [0.5, 0.6) is 5.75 Å². The summed E-state index contributed by atoms with van der Waals surface area (Å²) in [5.74, 6) is 0.00713. The lowest BCUT2D eigenvalue weighted by atomic mass is 10.2. The molecule has 0 aliphatic carbocycles. The van der Waals surface area contributed by atoms with Gasteiger partial charge in [-0.2, -0.15) is 5.26 Å². The third-order valence-electron chi connectivity index (χ3n) is 3.77. The molecule has 0 saturated carbocycles. The summed E-state index contributed by atoms with van der Waals surface area (Å²) in [6.07, 6.45) is 1.36. The second kappa shape index (κ2) is 8.28. The fourth-order valence-corrected chi connectivity index (χ4v) is 3.15. The number of rotatable bonds is 6. The minimum Gasteiger partial charge on any atom is -0.496 e. The predicted octanol–water partition coefficient (Wildman–Crippen LogP) is 4.84. The van der Waals surface area contributed by atoms with Gasteiger partial charge in [-0.25, -0.2) is 9.37 Å². The lowest BCUT2D eigenvalue weighted by Crippen LogP contribution is -1.98. The monoisotopic (exact) mass is 396 g/mol. The van der Waals surface area contributed by atoms with Crippen molar-refractivity contribution in [3.05, 3.63) is 75.0 Å². The van der Waals surface area contributed by atoms with E-state index in [1.54, 1.807) is 23.6 Å². The Morgan fingerprint density at radius 1 is 1.36 bits per heavy atom. The molecule has 0 unspecified atom stereocenters. The molecule has 3 aromatic rings. The minimum atomic E-state index is -0.541. The summed E-state index contributed by atoms with van der Waals surface area (Å²) >= 11 is 1.24. The van der Waals surface area contributed by atoms with Gasteiger partial charge < -0.3 is 10.1 Å². The van der Waals surface area contributed by atoms with E-state index in [4.69, 9.17) is 4.74 Å². The van der Waals surface area contributed by atoms with Crippen LogP contribution in [-0.2, 0) is 0 Å². The topological polar surface area (TPSA) is 101 Å². The number of allylic oxidation sites excluding steroid dienone is 1. The summed E-state index contributed by atoms with van der Waals surface area (Å²) in [6, 6.07) is 12.3. The second-order valence-electron chi connectivity index (χ2n) is 5.50. The zero-order valence-corrected chi connectivity index (χ0v) is 15.4. The van der Waals surface area contributed by atoms with Crippen molar-refractivity contribution in [3.63, 3.8) is 0 Å². The number of halogens is 1. The highest BCUT2D eigenvalue weighted by Gasteiger charge is 2.15. The molecule has 0 atom stereocenters. The Labute approximate surface area is 163 Å². The maximum absolute atomic E-state index is 13.1. The van der Waals surface area contributed by atoms with Gasteiger partial charge in [-0.3, -0.25) is 10.1 Å². The SMILES string of the molecule is COc1ccc(N/C=C(\C#N)c2nc(-c3ccc(F)cc3)cs2)c([N+](=O)[O-])c1. The van der Waals surface area contributed by atoms with Gasteiger partial charge >= 0.3 is 0 Å². The molecule has 0 aliphatic rings. The molecule has 1 heterocycles. The number of nitro groups is 1. The molecule has 1 N–H and O–H groups in total. The zero-order valence-electron chi connectivity index (χ0n) is 14.5. The van der Waals surface area contributed by atoms with Crippen LogP contribution in [0.2, 0.25) is 0 Å². The fraction of sp³-hybridized carbons (Fsp3) is 0.0526. The van der Waals surface area contributed by atoms with Crippen molar-refractivity contribution in [3.8, 4) is 23.1 Å². The molecule has 7 nitrogen and oxygen atoms in total. The van der Waals surface area contributed by atoms with Crippen LogP contribution in [0.1, 0.15) is 5.01 Å². The van der Waals surface area contributed by atoms with Gasteiger partial charge in [0.1, 0.15) is 33.9 Å². The Morgan fingerprint density at radius 3 is 2.75 bits per heavy atom. The normalized spacial score (nSPS) is 11.0. The fourth-order valence-electron chi connectivity index (χ4n) is 2.35. The summed E-state index contributed by atoms with van der Waals surface area (Å²) < 4.78 is 18.1. The summed E-state index contributed by atoms with van der Waals surface area (Å²) in [4.78, 5) is 15.1. The van der Waals surface area contributed by atoms with E-state index >= 15 is 0 Å². The third-order valence-corrected chi connectivity index (χ3v) is 4.64. The van der Waals surface area contributed by atoms with E-state index in [1.165, 1.54) is 48.9 Å². The first-order chi connectivity index (χ1) is 13.5. The number of nitriles is 1. The van der Waals surface area contributed by atoms with Crippen molar-refractivity contribution in [1.29, 1.82) is 5.26 Å². The third kappa shape index (κ3) is 4.13. The maximum atomic E-state index is 13.1. The average Bonchev–Trinajstić information content (AvgIpc) is 3.19. The van der Waals surface area contributed by atoms with Gasteiger partial charge in [-0.05, 0) is 36.4 Å². The standard InChI is InChI=1S/C19H13FN4O3S/c1-27-15-6-7-16(18(8-15)24(25)26)22-10-13(9-21)19-23-17(11-28-19)12-2-4-14(20)5-3-12/h2-8,10-11,22H,1H3/b13-10+. The van der Waals surface area contributed by atoms with Gasteiger partial charge in [-0.15, -0.1) is 11.3 Å². The second-order valence-corrected chi connectivity index (χ2v) is 6.36. The Morgan fingerprint density at radius 2 is 2.11 bits per heavy atom.